The van der Waals surface area contributed by atoms with Crippen LogP contribution in [0, 0.1) is 5.82 Å². The number of anilines is 3. The first-order valence-corrected chi connectivity index (χ1v) is 9.64. The Balaban J connectivity index is 1.40. The number of carbonyl (C=O) groups is 1. The van der Waals surface area contributed by atoms with Crippen molar-refractivity contribution in [3.63, 3.8) is 0 Å². The lowest BCUT2D eigenvalue weighted by molar-refractivity contribution is 0.257. The third kappa shape index (κ3) is 3.15. The summed E-state index contributed by atoms with van der Waals surface area (Å²) in [4.78, 5) is 25.2. The first-order valence-electron chi connectivity index (χ1n) is 9.64. The fourth-order valence-corrected chi connectivity index (χ4v) is 4.03. The van der Waals surface area contributed by atoms with Gasteiger partial charge in [0, 0.05) is 55.7 Å². The predicted molar refractivity (Wildman–Crippen MR) is 107 cm³/mol. The number of nitrogens with zero attached hydrogens (tertiary/aromatic N) is 6. The van der Waals surface area contributed by atoms with E-state index in [0.29, 0.717) is 24.1 Å². The van der Waals surface area contributed by atoms with Crippen molar-refractivity contribution in [2.45, 2.75) is 19.4 Å². The van der Waals surface area contributed by atoms with Gasteiger partial charge in [0.2, 0.25) is 0 Å². The van der Waals surface area contributed by atoms with Crippen molar-refractivity contribution in [1.29, 1.82) is 0 Å². The zero-order valence-electron chi connectivity index (χ0n) is 16.0. The van der Waals surface area contributed by atoms with E-state index in [1.165, 1.54) is 23.1 Å². The van der Waals surface area contributed by atoms with Crippen LogP contribution in [0.1, 0.15) is 12.5 Å². The van der Waals surface area contributed by atoms with Crippen LogP contribution in [0.2, 0.25) is 0 Å². The highest BCUT2D eigenvalue weighted by Gasteiger charge is 2.31. The number of hydrogen-bond acceptors (Lipinski definition) is 6. The van der Waals surface area contributed by atoms with Crippen molar-refractivity contribution in [3.8, 4) is 0 Å². The lowest BCUT2D eigenvalue weighted by Gasteiger charge is -2.34. The maximum atomic E-state index is 14.3. The van der Waals surface area contributed by atoms with Crippen molar-refractivity contribution in [3.05, 3.63) is 42.2 Å². The molecule has 0 spiro atoms. The van der Waals surface area contributed by atoms with E-state index in [-0.39, 0.29) is 5.69 Å². The Morgan fingerprint density at radius 3 is 3.10 bits per heavy atom. The molecule has 2 aliphatic rings. The number of aromatic nitrogens is 4. The molecule has 0 aromatic carbocycles. The highest BCUT2D eigenvalue weighted by molar-refractivity contribution is 6.03. The number of fused-ring (bicyclic) bond motifs is 2. The molecular formula is C19H21FN8O. The van der Waals surface area contributed by atoms with Gasteiger partial charge in [0.1, 0.15) is 12.1 Å². The molecule has 10 heteroatoms. The van der Waals surface area contributed by atoms with Gasteiger partial charge >= 0.3 is 6.03 Å². The number of piperazine rings is 1. The highest BCUT2D eigenvalue weighted by Crippen LogP contribution is 2.34. The largest absolute Gasteiger partial charge is 0.368 e. The second-order valence-corrected chi connectivity index (χ2v) is 7.36. The van der Waals surface area contributed by atoms with Crippen molar-refractivity contribution in [2.75, 3.05) is 41.3 Å². The van der Waals surface area contributed by atoms with Crippen molar-refractivity contribution in [2.24, 2.45) is 0 Å². The molecule has 1 fully saturated rings. The van der Waals surface area contributed by atoms with Gasteiger partial charge in [0.05, 0.1) is 11.9 Å². The van der Waals surface area contributed by atoms with Gasteiger partial charge in [0.25, 0.3) is 0 Å². The van der Waals surface area contributed by atoms with E-state index in [0.717, 1.165) is 37.3 Å². The van der Waals surface area contributed by atoms with Crippen molar-refractivity contribution < 1.29 is 9.18 Å². The molecule has 2 amide bonds. The number of hydrogen-bond donors (Lipinski definition) is 2. The van der Waals surface area contributed by atoms with E-state index >= 15 is 0 Å². The van der Waals surface area contributed by atoms with E-state index < -0.39 is 11.8 Å². The summed E-state index contributed by atoms with van der Waals surface area (Å²) < 4.78 is 15.8. The zero-order valence-corrected chi connectivity index (χ0v) is 16.0. The zero-order chi connectivity index (χ0) is 20.0. The second kappa shape index (κ2) is 6.96. The summed E-state index contributed by atoms with van der Waals surface area (Å²) in [6.45, 7) is 5.41. The normalized spacial score (nSPS) is 18.9. The first kappa shape index (κ1) is 17.8. The van der Waals surface area contributed by atoms with E-state index in [2.05, 4.69) is 37.5 Å². The summed E-state index contributed by atoms with van der Waals surface area (Å²) in [5.74, 6) is 0.0724. The summed E-state index contributed by atoms with van der Waals surface area (Å²) in [5.41, 5.74) is 2.61. The number of carbonyl (C=O) groups excluding carboxylic acids is 1. The van der Waals surface area contributed by atoms with Crippen molar-refractivity contribution >= 4 is 28.9 Å². The summed E-state index contributed by atoms with van der Waals surface area (Å²) in [7, 11) is 0. The first-order chi connectivity index (χ1) is 14.1. The molecule has 0 unspecified atom stereocenters. The van der Waals surface area contributed by atoms with Gasteiger partial charge < -0.3 is 15.5 Å². The van der Waals surface area contributed by atoms with Crippen LogP contribution in [0.25, 0.3) is 5.65 Å². The quantitative estimate of drug-likeness (QED) is 0.685. The van der Waals surface area contributed by atoms with Gasteiger partial charge in [0.15, 0.2) is 11.5 Å². The Hall–Kier alpha value is -3.27. The minimum atomic E-state index is -0.560. The van der Waals surface area contributed by atoms with Gasteiger partial charge in [-0.2, -0.15) is 5.10 Å². The lowest BCUT2D eigenvalue weighted by atomic mass is 10.1. The average molecular weight is 396 g/mol. The third-order valence-electron chi connectivity index (χ3n) is 5.41. The predicted octanol–water partition coefficient (Wildman–Crippen LogP) is 1.66. The number of nitrogens with one attached hydrogen (secondary N) is 2. The molecule has 1 saturated heterocycles. The lowest BCUT2D eigenvalue weighted by Crippen LogP contribution is -2.49. The fourth-order valence-electron chi connectivity index (χ4n) is 4.03. The monoisotopic (exact) mass is 396 g/mol. The molecular weight excluding hydrogens is 375 g/mol. The van der Waals surface area contributed by atoms with Crippen LogP contribution in [-0.2, 0) is 6.42 Å². The van der Waals surface area contributed by atoms with Crippen LogP contribution in [-0.4, -0.2) is 57.8 Å². The summed E-state index contributed by atoms with van der Waals surface area (Å²) >= 11 is 0. The molecule has 0 radical (unpaired) electrons. The smallest absolute Gasteiger partial charge is 0.327 e. The Bertz CT molecular complexity index is 1080. The molecule has 5 rings (SSSR count). The third-order valence-corrected chi connectivity index (χ3v) is 5.41. The molecule has 0 saturated carbocycles. The Kier molecular flexibility index (Phi) is 4.27. The molecule has 1 atom stereocenters. The average Bonchev–Trinajstić information content (AvgIpc) is 3.34. The van der Waals surface area contributed by atoms with Crippen LogP contribution >= 0.6 is 0 Å². The number of amides is 2. The number of halogens is 1. The molecule has 29 heavy (non-hydrogen) atoms. The maximum Gasteiger partial charge on any atom is 0.327 e. The molecule has 5 heterocycles. The molecule has 150 valence electrons. The van der Waals surface area contributed by atoms with Gasteiger partial charge in [-0.05, 0) is 19.4 Å². The summed E-state index contributed by atoms with van der Waals surface area (Å²) in [6, 6.07) is 3.24. The number of urea groups is 1. The minimum absolute atomic E-state index is 0.0496. The molecule has 2 N–H and O–H groups in total. The van der Waals surface area contributed by atoms with Crippen LogP contribution in [0.4, 0.5) is 26.4 Å². The molecule has 0 aliphatic carbocycles. The van der Waals surface area contributed by atoms with Crippen LogP contribution < -0.4 is 20.4 Å². The van der Waals surface area contributed by atoms with Gasteiger partial charge in [-0.1, -0.05) is 0 Å². The molecule has 3 aromatic heterocycles. The van der Waals surface area contributed by atoms with Gasteiger partial charge in [-0.25, -0.2) is 23.7 Å². The Morgan fingerprint density at radius 1 is 1.34 bits per heavy atom. The molecule has 9 nitrogen and oxygen atoms in total. The second-order valence-electron chi connectivity index (χ2n) is 7.36. The number of pyridine rings is 2. The Morgan fingerprint density at radius 2 is 2.24 bits per heavy atom. The molecule has 2 aliphatic heterocycles. The van der Waals surface area contributed by atoms with E-state index in [9.17, 15) is 9.18 Å². The van der Waals surface area contributed by atoms with Gasteiger partial charge in [-0.3, -0.25) is 4.90 Å². The van der Waals surface area contributed by atoms with Crippen LogP contribution in [0.5, 0.6) is 0 Å². The van der Waals surface area contributed by atoms with Crippen LogP contribution in [0.3, 0.4) is 0 Å². The molecule has 3 aromatic rings. The minimum Gasteiger partial charge on any atom is -0.368 e. The van der Waals surface area contributed by atoms with E-state index in [1.54, 1.807) is 11.1 Å². The highest BCUT2D eigenvalue weighted by atomic mass is 19.1. The molecule has 0 bridgehead atoms. The van der Waals surface area contributed by atoms with Gasteiger partial charge in [-0.15, -0.1) is 0 Å². The van der Waals surface area contributed by atoms with Crippen LogP contribution in [0.15, 0.2) is 30.9 Å². The van der Waals surface area contributed by atoms with Crippen molar-refractivity contribution in [1.82, 2.24) is 24.9 Å². The van der Waals surface area contributed by atoms with E-state index in [4.69, 9.17) is 0 Å². The Labute approximate surface area is 166 Å². The number of rotatable bonds is 2. The standard InChI is InChI=1S/C19H21FN8O/c1-12-9-26(7-5-21-12)16-2-4-22-18-13(16)3-6-27(18)19(29)25-15-10-28-17(8-14(15)20)23-11-24-28/h2,4,8,10-12,21H,3,5-7,9H2,1H3,(H,25,29)/t12-/m1/s1. The topological polar surface area (TPSA) is 90.7 Å². The SMILES string of the molecule is C[C@@H]1CN(c2ccnc3c2CCN3C(=O)Nc2cn3ncnc3cc2F)CCN1. The maximum absolute atomic E-state index is 14.3. The summed E-state index contributed by atoms with van der Waals surface area (Å²) in [5, 5.41) is 10.1. The fraction of sp³-hybridized carbons (Fsp3) is 0.368. The summed E-state index contributed by atoms with van der Waals surface area (Å²) in [6.07, 6.45) is 5.20. The van der Waals surface area contributed by atoms with E-state index in [1.807, 2.05) is 6.07 Å².